The molecule has 1 aromatic carbocycles. The summed E-state index contributed by atoms with van der Waals surface area (Å²) < 4.78 is 6.71. The Kier molecular flexibility index (Phi) is 4.38. The van der Waals surface area contributed by atoms with Crippen LogP contribution in [0.15, 0.2) is 50.9 Å². The first-order chi connectivity index (χ1) is 11.4. The zero-order chi connectivity index (χ0) is 17.4. The van der Waals surface area contributed by atoms with Crippen LogP contribution in [0.25, 0.3) is 17.4 Å². The van der Waals surface area contributed by atoms with Gasteiger partial charge >= 0.3 is 0 Å². The number of thiocarbonyl (C=S) groups is 1. The van der Waals surface area contributed by atoms with E-state index in [-0.39, 0.29) is 10.7 Å². The minimum atomic E-state index is -0.440. The first-order valence-corrected chi connectivity index (χ1v) is 8.26. The summed E-state index contributed by atoms with van der Waals surface area (Å²) in [6.07, 6.45) is 1.45. The van der Waals surface area contributed by atoms with E-state index in [4.69, 9.17) is 16.6 Å². The Morgan fingerprint density at radius 2 is 1.58 bits per heavy atom. The topological polar surface area (TPSA) is 53.8 Å². The van der Waals surface area contributed by atoms with Gasteiger partial charge < -0.3 is 4.42 Å². The van der Waals surface area contributed by atoms with Crippen molar-refractivity contribution in [2.45, 2.75) is 0 Å². The molecule has 24 heavy (non-hydrogen) atoms. The number of furan rings is 1. The molecule has 0 unspecified atom stereocenters. The summed E-state index contributed by atoms with van der Waals surface area (Å²) in [4.78, 5) is 27.1. The molecular formula is C17H13BrN2O3S. The van der Waals surface area contributed by atoms with Crippen LogP contribution in [0.4, 0.5) is 0 Å². The van der Waals surface area contributed by atoms with Crippen LogP contribution >= 0.6 is 28.1 Å². The van der Waals surface area contributed by atoms with Crippen LogP contribution in [-0.2, 0) is 9.59 Å². The molecule has 1 aromatic heterocycles. The second-order valence-corrected chi connectivity index (χ2v) is 6.56. The molecule has 1 aliphatic rings. The molecule has 3 rings (SSSR count). The fraction of sp³-hybridized carbons (Fsp3) is 0.118. The lowest BCUT2D eigenvalue weighted by Gasteiger charge is -2.31. The van der Waals surface area contributed by atoms with Crippen LogP contribution in [0, 0.1) is 0 Å². The molecule has 5 nitrogen and oxygen atoms in total. The number of hydrogen-bond acceptors (Lipinski definition) is 4. The van der Waals surface area contributed by atoms with Gasteiger partial charge in [-0.25, -0.2) is 0 Å². The molecule has 0 aliphatic carbocycles. The number of hydrogen-bond donors (Lipinski definition) is 0. The highest BCUT2D eigenvalue weighted by molar-refractivity contribution is 9.10. The lowest BCUT2D eigenvalue weighted by molar-refractivity contribution is -0.132. The Labute approximate surface area is 152 Å². The predicted octanol–water partition coefficient (Wildman–Crippen LogP) is 3.31. The fourth-order valence-corrected chi connectivity index (χ4v) is 2.75. The molecule has 1 fully saturated rings. The van der Waals surface area contributed by atoms with E-state index in [2.05, 4.69) is 15.9 Å². The van der Waals surface area contributed by atoms with E-state index in [9.17, 15) is 9.59 Å². The molecule has 1 saturated heterocycles. The van der Waals surface area contributed by atoms with Crippen molar-refractivity contribution in [1.82, 2.24) is 9.80 Å². The maximum Gasteiger partial charge on any atom is 0.265 e. The van der Waals surface area contributed by atoms with Crippen LogP contribution in [-0.4, -0.2) is 40.8 Å². The molecule has 0 bridgehead atoms. The van der Waals surface area contributed by atoms with Gasteiger partial charge in [0.2, 0.25) is 0 Å². The lowest BCUT2D eigenvalue weighted by Crippen LogP contribution is -2.52. The van der Waals surface area contributed by atoms with Crippen LogP contribution in [0.1, 0.15) is 5.76 Å². The molecule has 122 valence electrons. The van der Waals surface area contributed by atoms with Crippen molar-refractivity contribution >= 4 is 51.2 Å². The fourth-order valence-electron chi connectivity index (χ4n) is 2.32. The molecule has 7 heteroatoms. The van der Waals surface area contributed by atoms with E-state index in [1.54, 1.807) is 12.1 Å². The third kappa shape index (κ3) is 2.92. The first kappa shape index (κ1) is 16.6. The van der Waals surface area contributed by atoms with Crippen molar-refractivity contribution in [1.29, 1.82) is 0 Å². The highest BCUT2D eigenvalue weighted by Gasteiger charge is 2.35. The molecule has 2 aromatic rings. The number of benzene rings is 1. The van der Waals surface area contributed by atoms with Crippen molar-refractivity contribution in [2.75, 3.05) is 14.1 Å². The molecular weight excluding hydrogens is 392 g/mol. The van der Waals surface area contributed by atoms with Crippen LogP contribution in [0.3, 0.4) is 0 Å². The molecule has 2 heterocycles. The minimum Gasteiger partial charge on any atom is -0.457 e. The van der Waals surface area contributed by atoms with Gasteiger partial charge in [0.15, 0.2) is 5.11 Å². The summed E-state index contributed by atoms with van der Waals surface area (Å²) in [5.41, 5.74) is 0.921. The maximum atomic E-state index is 12.3. The van der Waals surface area contributed by atoms with Gasteiger partial charge in [-0.1, -0.05) is 28.1 Å². The summed E-state index contributed by atoms with van der Waals surface area (Å²) in [6, 6.07) is 11.2. The summed E-state index contributed by atoms with van der Waals surface area (Å²) >= 11 is 8.44. The Balaban J connectivity index is 1.94. The quantitative estimate of drug-likeness (QED) is 0.437. The summed E-state index contributed by atoms with van der Waals surface area (Å²) in [5.74, 6) is 0.205. The monoisotopic (exact) mass is 404 g/mol. The van der Waals surface area contributed by atoms with E-state index < -0.39 is 11.8 Å². The Hall–Kier alpha value is -2.25. The number of rotatable bonds is 2. The lowest BCUT2D eigenvalue weighted by atomic mass is 10.1. The molecule has 1 aliphatic heterocycles. The molecule has 0 spiro atoms. The van der Waals surface area contributed by atoms with Crippen molar-refractivity contribution in [3.63, 3.8) is 0 Å². The zero-order valence-electron chi connectivity index (χ0n) is 12.9. The number of nitrogens with zero attached hydrogens (tertiary/aromatic N) is 2. The van der Waals surface area contributed by atoms with Crippen molar-refractivity contribution < 1.29 is 14.0 Å². The molecule has 0 saturated carbocycles. The predicted molar refractivity (Wildman–Crippen MR) is 98.0 cm³/mol. The van der Waals surface area contributed by atoms with Crippen LogP contribution in [0.2, 0.25) is 0 Å². The van der Waals surface area contributed by atoms with Gasteiger partial charge in [0, 0.05) is 24.1 Å². The Morgan fingerprint density at radius 1 is 1.00 bits per heavy atom. The van der Waals surface area contributed by atoms with E-state index in [1.807, 2.05) is 24.3 Å². The van der Waals surface area contributed by atoms with Gasteiger partial charge in [0.1, 0.15) is 17.1 Å². The number of halogens is 1. The van der Waals surface area contributed by atoms with Crippen LogP contribution < -0.4 is 0 Å². The van der Waals surface area contributed by atoms with Crippen LogP contribution in [0.5, 0.6) is 0 Å². The summed E-state index contributed by atoms with van der Waals surface area (Å²) in [7, 11) is 3.08. The van der Waals surface area contributed by atoms with Gasteiger partial charge in [-0.15, -0.1) is 0 Å². The van der Waals surface area contributed by atoms with Gasteiger partial charge in [-0.05, 0) is 42.6 Å². The van der Waals surface area contributed by atoms with Gasteiger partial charge in [0.05, 0.1) is 0 Å². The largest absolute Gasteiger partial charge is 0.457 e. The van der Waals surface area contributed by atoms with Gasteiger partial charge in [0.25, 0.3) is 11.8 Å². The Bertz CT molecular complexity index is 844. The van der Waals surface area contributed by atoms with Crippen molar-refractivity contribution in [3.05, 3.63) is 52.2 Å². The number of carbonyl (C=O) groups is 2. The minimum absolute atomic E-state index is 0.0188. The van der Waals surface area contributed by atoms with Crippen molar-refractivity contribution in [2.24, 2.45) is 0 Å². The van der Waals surface area contributed by atoms with E-state index in [1.165, 1.54) is 30.0 Å². The SMILES string of the molecule is CN1C(=O)C(=Cc2ccc(-c3ccc(Br)cc3)o2)C(=O)N(C)C1=S. The smallest absolute Gasteiger partial charge is 0.265 e. The third-order valence-electron chi connectivity index (χ3n) is 3.69. The standard InChI is InChI=1S/C17H13BrN2O3S/c1-19-15(21)13(16(22)20(2)17(19)24)9-12-7-8-14(23-12)10-3-5-11(18)6-4-10/h3-9H,1-2H3. The summed E-state index contributed by atoms with van der Waals surface area (Å²) in [5, 5.41) is 0.178. The van der Waals surface area contributed by atoms with E-state index >= 15 is 0 Å². The molecule has 0 atom stereocenters. The van der Waals surface area contributed by atoms with Gasteiger partial charge in [-0.3, -0.25) is 19.4 Å². The Morgan fingerprint density at radius 3 is 2.17 bits per heavy atom. The molecule has 0 radical (unpaired) electrons. The average molecular weight is 405 g/mol. The first-order valence-electron chi connectivity index (χ1n) is 7.06. The molecule has 2 amide bonds. The number of carbonyl (C=O) groups excluding carboxylic acids is 2. The van der Waals surface area contributed by atoms with Crippen molar-refractivity contribution in [3.8, 4) is 11.3 Å². The maximum absolute atomic E-state index is 12.3. The van der Waals surface area contributed by atoms with Gasteiger partial charge in [-0.2, -0.15) is 0 Å². The molecule has 0 N–H and O–H groups in total. The highest BCUT2D eigenvalue weighted by Crippen LogP contribution is 2.26. The number of likely N-dealkylation sites (N-methyl/N-ethyl adjacent to an activating group) is 2. The van der Waals surface area contributed by atoms with E-state index in [0.717, 1.165) is 10.0 Å². The highest BCUT2D eigenvalue weighted by atomic mass is 79.9. The summed E-state index contributed by atoms with van der Waals surface area (Å²) in [6.45, 7) is 0. The normalized spacial score (nSPS) is 15.3. The average Bonchev–Trinajstić information content (AvgIpc) is 3.04. The second-order valence-electron chi connectivity index (χ2n) is 5.28. The second kappa shape index (κ2) is 6.33. The third-order valence-corrected chi connectivity index (χ3v) is 4.76. The van der Waals surface area contributed by atoms with E-state index in [0.29, 0.717) is 11.5 Å². The number of amides is 2. The zero-order valence-corrected chi connectivity index (χ0v) is 15.3.